The molecule has 0 saturated carbocycles. The molecule has 2 aromatic rings. The number of ether oxygens (including phenoxy) is 1. The van der Waals surface area contributed by atoms with E-state index in [9.17, 15) is 23.0 Å². The predicted molar refractivity (Wildman–Crippen MR) is 131 cm³/mol. The summed E-state index contributed by atoms with van der Waals surface area (Å²) in [4.78, 5) is 1.90. The average molecular weight is 507 g/mol. The van der Waals surface area contributed by atoms with Crippen LogP contribution in [0.1, 0.15) is 44.1 Å². The number of hydrogen-bond acceptors (Lipinski definition) is 6. The molecule has 3 N–H and O–H groups in total. The molecule has 2 saturated heterocycles. The first kappa shape index (κ1) is 26.2. The lowest BCUT2D eigenvalue weighted by Gasteiger charge is -2.52. The zero-order valence-electron chi connectivity index (χ0n) is 20.4. The second-order valence-electron chi connectivity index (χ2n) is 10.3. The number of halogens is 1. The van der Waals surface area contributed by atoms with Gasteiger partial charge in [-0.1, -0.05) is 30.3 Å². The van der Waals surface area contributed by atoms with E-state index < -0.39 is 39.3 Å². The molecule has 0 spiro atoms. The van der Waals surface area contributed by atoms with Crippen LogP contribution < -0.4 is 4.72 Å². The summed E-state index contributed by atoms with van der Waals surface area (Å²) in [6.07, 6.45) is 0.195. The van der Waals surface area contributed by atoms with Crippen molar-refractivity contribution in [3.63, 3.8) is 0 Å². The van der Waals surface area contributed by atoms with Gasteiger partial charge >= 0.3 is 0 Å². The van der Waals surface area contributed by atoms with E-state index in [0.29, 0.717) is 25.7 Å². The number of sulfonamides is 1. The number of likely N-dealkylation sites (N-methyl/N-ethyl adjacent to an activating group) is 1. The van der Waals surface area contributed by atoms with E-state index in [0.717, 1.165) is 17.7 Å². The highest BCUT2D eigenvalue weighted by Gasteiger charge is 2.57. The molecule has 2 aliphatic heterocycles. The SMILES string of the molecule is CN(C)[C@@H]1CC[C@@]2([C@H](O)CNS(=O)(=O)c3ccc(F)cc3)C[C@H](c3ccccc3)C[C@](C)(O2)[C@H]1O. The molecular weight excluding hydrogens is 471 g/mol. The molecule has 2 aromatic carbocycles. The topological polar surface area (TPSA) is 99.1 Å². The Morgan fingerprint density at radius 3 is 2.43 bits per heavy atom. The molecule has 0 aliphatic carbocycles. The summed E-state index contributed by atoms with van der Waals surface area (Å²) >= 11 is 0. The fourth-order valence-corrected chi connectivity index (χ4v) is 6.80. The molecule has 0 radical (unpaired) electrons. The van der Waals surface area contributed by atoms with Crippen LogP contribution in [-0.2, 0) is 14.8 Å². The number of nitrogens with one attached hydrogen (secondary N) is 1. The van der Waals surface area contributed by atoms with Crippen molar-refractivity contribution in [1.29, 1.82) is 0 Å². The molecule has 2 aliphatic rings. The van der Waals surface area contributed by atoms with Crippen molar-refractivity contribution in [1.82, 2.24) is 9.62 Å². The quantitative estimate of drug-likeness (QED) is 0.534. The van der Waals surface area contributed by atoms with Gasteiger partial charge in [0.05, 0.1) is 28.3 Å². The minimum absolute atomic E-state index is 0.0221. The second kappa shape index (κ2) is 9.88. The van der Waals surface area contributed by atoms with Crippen LogP contribution >= 0.6 is 0 Å². The lowest BCUT2D eigenvalue weighted by Crippen LogP contribution is -2.61. The van der Waals surface area contributed by atoms with Crippen molar-refractivity contribution < 1.29 is 27.8 Å². The first-order valence-electron chi connectivity index (χ1n) is 12.0. The maximum atomic E-state index is 13.2. The van der Waals surface area contributed by atoms with Gasteiger partial charge in [-0.3, -0.25) is 0 Å². The van der Waals surface area contributed by atoms with Gasteiger partial charge in [-0.15, -0.1) is 0 Å². The van der Waals surface area contributed by atoms with Gasteiger partial charge in [0.25, 0.3) is 0 Å². The van der Waals surface area contributed by atoms with E-state index in [4.69, 9.17) is 4.74 Å². The minimum atomic E-state index is -3.96. The summed E-state index contributed by atoms with van der Waals surface area (Å²) in [5, 5.41) is 22.8. The van der Waals surface area contributed by atoms with Crippen LogP contribution in [-0.4, -0.2) is 73.6 Å². The van der Waals surface area contributed by atoms with Crippen LogP contribution in [0.25, 0.3) is 0 Å². The number of fused-ring (bicyclic) bond motifs is 2. The number of nitrogens with zero attached hydrogens (tertiary/aromatic N) is 1. The van der Waals surface area contributed by atoms with Crippen LogP contribution in [0.15, 0.2) is 59.5 Å². The van der Waals surface area contributed by atoms with Gasteiger partial charge in [-0.05, 0) is 82.4 Å². The lowest BCUT2D eigenvalue weighted by molar-refractivity contribution is -0.250. The summed E-state index contributed by atoms with van der Waals surface area (Å²) in [6, 6.07) is 14.3. The van der Waals surface area contributed by atoms with E-state index >= 15 is 0 Å². The molecule has 0 aromatic heterocycles. The third kappa shape index (κ3) is 5.30. The van der Waals surface area contributed by atoms with Gasteiger partial charge in [-0.2, -0.15) is 0 Å². The van der Waals surface area contributed by atoms with Crippen molar-refractivity contribution in [2.45, 2.75) is 72.9 Å². The number of aliphatic hydroxyl groups is 2. The van der Waals surface area contributed by atoms with Crippen molar-refractivity contribution in [3.8, 4) is 0 Å². The van der Waals surface area contributed by atoms with E-state index in [1.807, 2.05) is 56.3 Å². The van der Waals surface area contributed by atoms with Crippen molar-refractivity contribution in [2.75, 3.05) is 20.6 Å². The number of rotatable bonds is 7. The predicted octanol–water partition coefficient (Wildman–Crippen LogP) is 2.64. The first-order chi connectivity index (χ1) is 16.5. The number of benzene rings is 2. The zero-order chi connectivity index (χ0) is 25.4. The molecular formula is C26H35FN2O5S. The Kier molecular flexibility index (Phi) is 7.39. The van der Waals surface area contributed by atoms with Crippen molar-refractivity contribution in [2.24, 2.45) is 0 Å². The van der Waals surface area contributed by atoms with E-state index in [1.54, 1.807) is 0 Å². The van der Waals surface area contributed by atoms with E-state index in [1.165, 1.54) is 12.1 Å². The molecule has 6 atom stereocenters. The van der Waals surface area contributed by atoms with Crippen LogP contribution in [0.3, 0.4) is 0 Å². The maximum Gasteiger partial charge on any atom is 0.240 e. The Hall–Kier alpha value is -1.88. The highest BCUT2D eigenvalue weighted by molar-refractivity contribution is 7.89. The molecule has 0 unspecified atom stereocenters. The smallest absolute Gasteiger partial charge is 0.240 e. The average Bonchev–Trinajstić information content (AvgIpc) is 2.90. The summed E-state index contributed by atoms with van der Waals surface area (Å²) in [5.41, 5.74) is -0.882. The highest BCUT2D eigenvalue weighted by Crippen LogP contribution is 2.51. The largest absolute Gasteiger partial charge is 0.389 e. The molecule has 4 rings (SSSR count). The van der Waals surface area contributed by atoms with Crippen LogP contribution in [0.4, 0.5) is 4.39 Å². The summed E-state index contributed by atoms with van der Waals surface area (Å²) in [5.74, 6) is -0.508. The van der Waals surface area contributed by atoms with Gasteiger partial charge in [0.15, 0.2) is 0 Å². The summed E-state index contributed by atoms with van der Waals surface area (Å²) in [7, 11) is -0.121. The lowest BCUT2D eigenvalue weighted by atomic mass is 9.72. The Balaban J connectivity index is 1.64. The first-order valence-corrected chi connectivity index (χ1v) is 13.5. The Labute approximate surface area is 207 Å². The molecule has 0 amide bonds. The Morgan fingerprint density at radius 1 is 1.14 bits per heavy atom. The monoisotopic (exact) mass is 506 g/mol. The van der Waals surface area contributed by atoms with Gasteiger partial charge in [0.1, 0.15) is 5.82 Å². The van der Waals surface area contributed by atoms with Crippen LogP contribution in [0, 0.1) is 5.82 Å². The fourth-order valence-electron chi connectivity index (χ4n) is 5.76. The third-order valence-electron chi connectivity index (χ3n) is 7.67. The minimum Gasteiger partial charge on any atom is -0.389 e. The zero-order valence-corrected chi connectivity index (χ0v) is 21.2. The third-order valence-corrected chi connectivity index (χ3v) is 9.11. The van der Waals surface area contributed by atoms with Crippen LogP contribution in [0.2, 0.25) is 0 Å². The Bertz CT molecular complexity index is 1110. The van der Waals surface area contributed by atoms with Gasteiger partial charge < -0.3 is 19.8 Å². The molecule has 9 heteroatoms. The van der Waals surface area contributed by atoms with Crippen molar-refractivity contribution >= 4 is 10.0 Å². The highest BCUT2D eigenvalue weighted by atomic mass is 32.2. The van der Waals surface area contributed by atoms with E-state index in [-0.39, 0.29) is 23.4 Å². The number of aliphatic hydroxyl groups excluding tert-OH is 2. The number of hydrogen-bond donors (Lipinski definition) is 3. The van der Waals surface area contributed by atoms with Gasteiger partial charge in [-0.25, -0.2) is 17.5 Å². The van der Waals surface area contributed by atoms with Gasteiger partial charge in [0.2, 0.25) is 10.0 Å². The van der Waals surface area contributed by atoms with Crippen LogP contribution in [0.5, 0.6) is 0 Å². The molecule has 2 fully saturated rings. The van der Waals surface area contributed by atoms with Gasteiger partial charge in [0, 0.05) is 12.6 Å². The van der Waals surface area contributed by atoms with E-state index in [2.05, 4.69) is 4.72 Å². The summed E-state index contributed by atoms with van der Waals surface area (Å²) < 4.78 is 47.9. The molecule has 2 heterocycles. The molecule has 7 nitrogen and oxygen atoms in total. The molecule has 2 bridgehead atoms. The second-order valence-corrected chi connectivity index (χ2v) is 12.1. The standard InChI is InChI=1S/C26H35FN2O5S/c1-25-15-19(18-7-5-4-6-8-18)16-26(34-25,14-13-22(24(25)31)29(2)3)23(30)17-28-35(32,33)21-11-9-20(27)10-12-21/h4-12,19,22-24,28,30-31H,13-17H2,1-3H3/t19-,22-,23-,24+,25+,26+/m1/s1. The normalized spacial score (nSPS) is 32.3. The fraction of sp³-hybridized carbons (Fsp3) is 0.538. The van der Waals surface area contributed by atoms with Crippen molar-refractivity contribution in [3.05, 3.63) is 66.0 Å². The Morgan fingerprint density at radius 2 is 1.80 bits per heavy atom. The molecule has 35 heavy (non-hydrogen) atoms. The molecule has 192 valence electrons. The summed E-state index contributed by atoms with van der Waals surface area (Å²) in [6.45, 7) is 1.62. The maximum absolute atomic E-state index is 13.2.